The molecule has 1 aromatic heterocycles. The second kappa shape index (κ2) is 6.81. The summed E-state index contributed by atoms with van der Waals surface area (Å²) in [5, 5.41) is 14.8. The van der Waals surface area contributed by atoms with E-state index in [-0.39, 0.29) is 17.3 Å². The largest absolute Gasteiger partial charge is 0.382 e. The highest BCUT2D eigenvalue weighted by molar-refractivity contribution is 6.30. The van der Waals surface area contributed by atoms with E-state index in [1.165, 1.54) is 29.5 Å². The summed E-state index contributed by atoms with van der Waals surface area (Å²) in [6.45, 7) is 3.40. The number of hydrogen-bond donors (Lipinski definition) is 1. The molecule has 2 unspecified atom stereocenters. The van der Waals surface area contributed by atoms with Crippen molar-refractivity contribution in [2.45, 2.75) is 26.0 Å². The van der Waals surface area contributed by atoms with Gasteiger partial charge in [0.25, 0.3) is 0 Å². The molecule has 0 spiro atoms. The summed E-state index contributed by atoms with van der Waals surface area (Å²) < 4.78 is 1.21. The van der Waals surface area contributed by atoms with Gasteiger partial charge in [-0.2, -0.15) is 5.10 Å². The predicted octanol–water partition coefficient (Wildman–Crippen LogP) is 1.94. The number of hydrogen-bond acceptors (Lipinski definition) is 5. The van der Waals surface area contributed by atoms with Crippen molar-refractivity contribution in [2.24, 2.45) is 5.92 Å². The Morgan fingerprint density at radius 2 is 1.86 bits per heavy atom. The molecule has 1 heterocycles. The van der Waals surface area contributed by atoms with E-state index in [1.807, 2.05) is 0 Å². The van der Waals surface area contributed by atoms with E-state index < -0.39 is 17.9 Å². The molecule has 0 radical (unpaired) electrons. The van der Waals surface area contributed by atoms with Gasteiger partial charge in [0.05, 0.1) is 0 Å². The van der Waals surface area contributed by atoms with Crippen LogP contribution in [0.5, 0.6) is 0 Å². The topological polar surface area (TPSA) is 85.1 Å². The molecule has 2 rings (SSSR count). The van der Waals surface area contributed by atoms with E-state index in [1.54, 1.807) is 26.0 Å². The van der Waals surface area contributed by atoms with Gasteiger partial charge in [0, 0.05) is 16.5 Å². The summed E-state index contributed by atoms with van der Waals surface area (Å²) in [5.41, 5.74) is 0.276. The molecule has 2 aromatic rings. The lowest BCUT2D eigenvalue weighted by Crippen LogP contribution is -2.39. The molecule has 1 N–H and O–H groups in total. The first-order chi connectivity index (χ1) is 10.4. The number of rotatable bonds is 6. The van der Waals surface area contributed by atoms with Gasteiger partial charge >= 0.3 is 0 Å². The van der Waals surface area contributed by atoms with E-state index in [0.717, 1.165) is 0 Å². The van der Waals surface area contributed by atoms with Crippen LogP contribution in [-0.2, 0) is 4.79 Å². The van der Waals surface area contributed by atoms with E-state index in [0.29, 0.717) is 5.02 Å². The van der Waals surface area contributed by atoms with Crippen molar-refractivity contribution in [2.75, 3.05) is 0 Å². The minimum Gasteiger partial charge on any atom is -0.382 e. The third kappa shape index (κ3) is 3.40. The van der Waals surface area contributed by atoms with Crippen molar-refractivity contribution >= 4 is 23.2 Å². The zero-order valence-corrected chi connectivity index (χ0v) is 12.9. The van der Waals surface area contributed by atoms with Crippen LogP contribution in [0.4, 0.5) is 0 Å². The van der Waals surface area contributed by atoms with Gasteiger partial charge in [-0.3, -0.25) is 9.59 Å². The van der Waals surface area contributed by atoms with Crippen LogP contribution in [0, 0.1) is 5.92 Å². The average Bonchev–Trinajstić information content (AvgIpc) is 3.01. The summed E-state index contributed by atoms with van der Waals surface area (Å²) in [6.07, 6.45) is 1.02. The molecule has 22 heavy (non-hydrogen) atoms. The molecule has 0 aliphatic rings. The first kappa shape index (κ1) is 16.3. The first-order valence-electron chi connectivity index (χ1n) is 6.77. The lowest BCUT2D eigenvalue weighted by Gasteiger charge is -2.22. The zero-order chi connectivity index (χ0) is 16.3. The fraction of sp³-hybridized carbons (Fsp3) is 0.333. The molecule has 6 nitrogen and oxygen atoms in total. The Kier molecular flexibility index (Phi) is 5.05. The quantitative estimate of drug-likeness (QED) is 0.822. The molecular weight excluding hydrogens is 306 g/mol. The molecule has 0 saturated heterocycles. The number of aliphatic hydroxyl groups excluding tert-OH is 1. The Morgan fingerprint density at radius 3 is 2.36 bits per heavy atom. The van der Waals surface area contributed by atoms with Crippen LogP contribution >= 0.6 is 11.6 Å². The minimum atomic E-state index is -1.54. The van der Waals surface area contributed by atoms with Crippen LogP contribution in [0.25, 0.3) is 0 Å². The Hall–Kier alpha value is -2.05. The number of aromatic nitrogens is 3. The molecule has 0 saturated carbocycles. The van der Waals surface area contributed by atoms with E-state index in [4.69, 9.17) is 11.6 Å². The lowest BCUT2D eigenvalue weighted by atomic mass is 9.93. The molecule has 0 aliphatic carbocycles. The molecular formula is C15H16ClN3O3. The number of benzene rings is 1. The summed E-state index contributed by atoms with van der Waals surface area (Å²) in [5.74, 6) is -1.21. The average molecular weight is 322 g/mol. The maximum atomic E-state index is 12.4. The first-order valence-corrected chi connectivity index (χ1v) is 7.15. The molecule has 0 amide bonds. The van der Waals surface area contributed by atoms with Gasteiger partial charge in [-0.05, 0) is 24.3 Å². The van der Waals surface area contributed by atoms with Crippen LogP contribution in [0.15, 0.2) is 36.9 Å². The van der Waals surface area contributed by atoms with Gasteiger partial charge in [-0.1, -0.05) is 25.4 Å². The minimum absolute atomic E-state index is 0.276. The lowest BCUT2D eigenvalue weighted by molar-refractivity contribution is -0.128. The fourth-order valence-corrected chi connectivity index (χ4v) is 2.19. The molecule has 0 fully saturated rings. The zero-order valence-electron chi connectivity index (χ0n) is 12.2. The number of carbonyl (C=O) groups excluding carboxylic acids is 2. The second-order valence-corrected chi connectivity index (χ2v) is 5.63. The highest BCUT2D eigenvalue weighted by Gasteiger charge is 2.35. The summed E-state index contributed by atoms with van der Waals surface area (Å²) in [4.78, 5) is 28.5. The van der Waals surface area contributed by atoms with E-state index >= 15 is 0 Å². The van der Waals surface area contributed by atoms with Gasteiger partial charge in [0.2, 0.25) is 0 Å². The molecule has 7 heteroatoms. The summed E-state index contributed by atoms with van der Waals surface area (Å²) in [6, 6.07) is 5.01. The molecule has 116 valence electrons. The van der Waals surface area contributed by atoms with Crippen molar-refractivity contribution in [3.63, 3.8) is 0 Å². The van der Waals surface area contributed by atoms with Crippen molar-refractivity contribution in [1.82, 2.24) is 14.8 Å². The van der Waals surface area contributed by atoms with Crippen molar-refractivity contribution in [3.8, 4) is 0 Å². The van der Waals surface area contributed by atoms with Crippen molar-refractivity contribution < 1.29 is 14.7 Å². The van der Waals surface area contributed by atoms with Crippen molar-refractivity contribution in [3.05, 3.63) is 47.5 Å². The maximum Gasteiger partial charge on any atom is 0.193 e. The van der Waals surface area contributed by atoms with Gasteiger partial charge in [0.15, 0.2) is 11.6 Å². The monoisotopic (exact) mass is 321 g/mol. The summed E-state index contributed by atoms with van der Waals surface area (Å²) >= 11 is 5.78. The van der Waals surface area contributed by atoms with Crippen LogP contribution in [-0.4, -0.2) is 37.5 Å². The van der Waals surface area contributed by atoms with Gasteiger partial charge in [0.1, 0.15) is 24.8 Å². The number of halogens is 1. The normalized spacial score (nSPS) is 13.9. The third-order valence-corrected chi connectivity index (χ3v) is 3.53. The highest BCUT2D eigenvalue weighted by Crippen LogP contribution is 2.21. The Balaban J connectivity index is 2.33. The summed E-state index contributed by atoms with van der Waals surface area (Å²) in [7, 11) is 0. The standard InChI is InChI=1S/C15H16ClN3O3/c1-9(2)13(20)12(19-8-17-7-18-19)15(22)14(21)10-3-5-11(16)6-4-10/h3-9,12,15,22H,1-2H3. The molecule has 2 atom stereocenters. The third-order valence-electron chi connectivity index (χ3n) is 3.28. The molecule has 0 bridgehead atoms. The Labute approximate surface area is 132 Å². The van der Waals surface area contributed by atoms with E-state index in [2.05, 4.69) is 10.1 Å². The Bertz CT molecular complexity index is 653. The number of ketones is 2. The van der Waals surface area contributed by atoms with Crippen LogP contribution in [0.3, 0.4) is 0 Å². The number of Topliss-reactive ketones (excluding diaryl/α,β-unsaturated/α-hetero) is 2. The van der Waals surface area contributed by atoms with Gasteiger partial charge < -0.3 is 5.11 Å². The fourth-order valence-electron chi connectivity index (χ4n) is 2.06. The SMILES string of the molecule is CC(C)C(=O)C(C(O)C(=O)c1ccc(Cl)cc1)n1cncn1. The Morgan fingerprint density at radius 1 is 1.23 bits per heavy atom. The van der Waals surface area contributed by atoms with Crippen molar-refractivity contribution in [1.29, 1.82) is 0 Å². The maximum absolute atomic E-state index is 12.4. The smallest absolute Gasteiger partial charge is 0.193 e. The predicted molar refractivity (Wildman–Crippen MR) is 80.7 cm³/mol. The molecule has 0 aliphatic heterocycles. The van der Waals surface area contributed by atoms with Gasteiger partial charge in [-0.15, -0.1) is 0 Å². The highest BCUT2D eigenvalue weighted by atomic mass is 35.5. The van der Waals surface area contributed by atoms with E-state index in [9.17, 15) is 14.7 Å². The number of nitrogens with zero attached hydrogens (tertiary/aromatic N) is 3. The number of aliphatic hydroxyl groups is 1. The molecule has 1 aromatic carbocycles. The van der Waals surface area contributed by atoms with Crippen LogP contribution in [0.1, 0.15) is 30.2 Å². The van der Waals surface area contributed by atoms with Gasteiger partial charge in [-0.25, -0.2) is 9.67 Å². The van der Waals surface area contributed by atoms with Crippen LogP contribution < -0.4 is 0 Å². The number of carbonyl (C=O) groups is 2. The second-order valence-electron chi connectivity index (χ2n) is 5.19. The van der Waals surface area contributed by atoms with Crippen LogP contribution in [0.2, 0.25) is 5.02 Å².